The van der Waals surface area contributed by atoms with E-state index >= 15 is 0 Å². The molecule has 0 saturated carbocycles. The molecule has 0 aromatic heterocycles. The van der Waals surface area contributed by atoms with Gasteiger partial charge in [-0.15, -0.1) is 0 Å². The molecular weight excluding hydrogens is 224 g/mol. The van der Waals surface area contributed by atoms with Crippen molar-refractivity contribution in [2.75, 3.05) is 17.2 Å². The van der Waals surface area contributed by atoms with Gasteiger partial charge in [-0.2, -0.15) is 0 Å². The summed E-state index contributed by atoms with van der Waals surface area (Å²) in [6, 6.07) is 7.51. The van der Waals surface area contributed by atoms with Crippen molar-refractivity contribution in [2.24, 2.45) is 5.92 Å². The van der Waals surface area contributed by atoms with Gasteiger partial charge in [0.05, 0.1) is 0 Å². The second-order valence-corrected chi connectivity index (χ2v) is 4.72. The van der Waals surface area contributed by atoms with Gasteiger partial charge in [0.25, 0.3) is 0 Å². The zero-order chi connectivity index (χ0) is 13.5. The number of benzene rings is 1. The molecule has 0 radical (unpaired) electrons. The topological polar surface area (TPSA) is 46.3 Å². The van der Waals surface area contributed by atoms with Gasteiger partial charge in [-0.25, -0.2) is 0 Å². The van der Waals surface area contributed by atoms with Crippen molar-refractivity contribution in [3.63, 3.8) is 0 Å². The second-order valence-electron chi connectivity index (χ2n) is 4.72. The Balaban J connectivity index is 2.79. The Hall–Kier alpha value is -1.51. The summed E-state index contributed by atoms with van der Waals surface area (Å²) in [7, 11) is 0. The quantitative estimate of drug-likeness (QED) is 0.784. The minimum Gasteiger partial charge on any atom is -0.399 e. The summed E-state index contributed by atoms with van der Waals surface area (Å²) < 4.78 is 0. The number of nitrogens with two attached hydrogens (primary N) is 1. The number of carbonyl (C=O) groups excluding carboxylic acids is 1. The lowest BCUT2D eigenvalue weighted by molar-refractivity contribution is -0.122. The molecule has 1 atom stereocenters. The molecule has 0 aliphatic heterocycles. The van der Waals surface area contributed by atoms with E-state index in [0.717, 1.165) is 24.9 Å². The Bertz CT molecular complexity index is 390. The molecule has 0 aliphatic rings. The minimum atomic E-state index is 0.0753. The van der Waals surface area contributed by atoms with Gasteiger partial charge in [0.1, 0.15) is 0 Å². The van der Waals surface area contributed by atoms with Crippen molar-refractivity contribution >= 4 is 17.3 Å². The highest BCUT2D eigenvalue weighted by molar-refractivity contribution is 5.95. The molecule has 0 bridgehead atoms. The average Bonchev–Trinajstić information content (AvgIpc) is 2.36. The van der Waals surface area contributed by atoms with Crippen LogP contribution >= 0.6 is 0 Å². The first-order valence-corrected chi connectivity index (χ1v) is 6.77. The molecule has 3 heteroatoms. The lowest BCUT2D eigenvalue weighted by atomic mass is 10.0. The molecule has 0 saturated heterocycles. The van der Waals surface area contributed by atoms with Gasteiger partial charge in [0.15, 0.2) is 0 Å². The molecular formula is C15H24N2O. The van der Waals surface area contributed by atoms with E-state index in [1.165, 1.54) is 0 Å². The summed E-state index contributed by atoms with van der Waals surface area (Å²) in [5, 5.41) is 0. The lowest BCUT2D eigenvalue weighted by Crippen LogP contribution is -2.35. The van der Waals surface area contributed by atoms with Crippen molar-refractivity contribution in [3.05, 3.63) is 24.3 Å². The van der Waals surface area contributed by atoms with E-state index < -0.39 is 0 Å². The van der Waals surface area contributed by atoms with E-state index in [-0.39, 0.29) is 11.8 Å². The molecule has 1 aromatic carbocycles. The summed E-state index contributed by atoms with van der Waals surface area (Å²) in [4.78, 5) is 14.2. The fourth-order valence-electron chi connectivity index (χ4n) is 2.06. The van der Waals surface area contributed by atoms with E-state index in [4.69, 9.17) is 5.73 Å². The van der Waals surface area contributed by atoms with Crippen LogP contribution in [-0.2, 0) is 4.79 Å². The Kier molecular flexibility index (Phi) is 5.69. The Morgan fingerprint density at radius 3 is 2.67 bits per heavy atom. The molecule has 0 heterocycles. The van der Waals surface area contributed by atoms with Crippen LogP contribution in [0.1, 0.15) is 40.0 Å². The third kappa shape index (κ3) is 3.76. The fraction of sp³-hybridized carbons (Fsp3) is 0.533. The van der Waals surface area contributed by atoms with E-state index in [9.17, 15) is 4.79 Å². The number of hydrogen-bond donors (Lipinski definition) is 1. The molecule has 3 nitrogen and oxygen atoms in total. The van der Waals surface area contributed by atoms with Crippen molar-refractivity contribution < 1.29 is 4.79 Å². The number of anilines is 2. The monoisotopic (exact) mass is 248 g/mol. The molecule has 0 fully saturated rings. The van der Waals surface area contributed by atoms with Gasteiger partial charge in [0.2, 0.25) is 5.91 Å². The van der Waals surface area contributed by atoms with Crippen LogP contribution in [-0.4, -0.2) is 12.5 Å². The predicted octanol–water partition coefficient (Wildman–Crippen LogP) is 3.45. The van der Waals surface area contributed by atoms with Crippen LogP contribution in [0, 0.1) is 5.92 Å². The highest BCUT2D eigenvalue weighted by Gasteiger charge is 2.20. The number of unbranched alkanes of at least 4 members (excludes halogenated alkanes) is 1. The fourth-order valence-corrected chi connectivity index (χ4v) is 2.06. The third-order valence-corrected chi connectivity index (χ3v) is 3.18. The van der Waals surface area contributed by atoms with Crippen molar-refractivity contribution in [1.29, 1.82) is 0 Å². The van der Waals surface area contributed by atoms with E-state index in [1.807, 2.05) is 43.0 Å². The molecule has 1 rings (SSSR count). The zero-order valence-corrected chi connectivity index (χ0v) is 11.6. The normalized spacial score (nSPS) is 12.2. The molecule has 1 unspecified atom stereocenters. The number of amides is 1. The SMILES string of the molecule is CCCCC(C)C(=O)N(CC)c1cccc(N)c1. The summed E-state index contributed by atoms with van der Waals surface area (Å²) in [6.07, 6.45) is 3.18. The zero-order valence-electron chi connectivity index (χ0n) is 11.6. The summed E-state index contributed by atoms with van der Waals surface area (Å²) in [5.41, 5.74) is 7.36. The molecule has 1 aromatic rings. The van der Waals surface area contributed by atoms with Crippen LogP contribution in [0.25, 0.3) is 0 Å². The lowest BCUT2D eigenvalue weighted by Gasteiger charge is -2.24. The standard InChI is InChI=1S/C15H24N2O/c1-4-6-8-12(3)15(18)17(5-2)14-10-7-9-13(16)11-14/h7,9-12H,4-6,8,16H2,1-3H3. The molecule has 0 spiro atoms. The van der Waals surface area contributed by atoms with Crippen molar-refractivity contribution in [3.8, 4) is 0 Å². The molecule has 2 N–H and O–H groups in total. The van der Waals surface area contributed by atoms with Crippen molar-refractivity contribution in [1.82, 2.24) is 0 Å². The number of hydrogen-bond acceptors (Lipinski definition) is 2. The highest BCUT2D eigenvalue weighted by Crippen LogP contribution is 2.21. The molecule has 1 amide bonds. The maximum Gasteiger partial charge on any atom is 0.229 e. The van der Waals surface area contributed by atoms with Crippen LogP contribution in [0.2, 0.25) is 0 Å². The highest BCUT2D eigenvalue weighted by atomic mass is 16.2. The maximum absolute atomic E-state index is 12.4. The number of nitrogens with zero attached hydrogens (tertiary/aromatic N) is 1. The number of carbonyl (C=O) groups is 1. The summed E-state index contributed by atoms with van der Waals surface area (Å²) >= 11 is 0. The van der Waals surface area contributed by atoms with Crippen LogP contribution in [0.5, 0.6) is 0 Å². The third-order valence-electron chi connectivity index (χ3n) is 3.18. The molecule has 0 aliphatic carbocycles. The largest absolute Gasteiger partial charge is 0.399 e. The van der Waals surface area contributed by atoms with E-state index in [1.54, 1.807) is 0 Å². The van der Waals surface area contributed by atoms with Gasteiger partial charge in [0, 0.05) is 23.8 Å². The van der Waals surface area contributed by atoms with Crippen LogP contribution in [0.3, 0.4) is 0 Å². The number of nitrogen functional groups attached to an aromatic ring is 1. The Labute approximate surface area is 110 Å². The Morgan fingerprint density at radius 1 is 1.39 bits per heavy atom. The first-order valence-electron chi connectivity index (χ1n) is 6.77. The maximum atomic E-state index is 12.4. The van der Waals surface area contributed by atoms with Gasteiger partial charge in [-0.3, -0.25) is 4.79 Å². The van der Waals surface area contributed by atoms with Gasteiger partial charge in [-0.1, -0.05) is 32.8 Å². The van der Waals surface area contributed by atoms with E-state index in [0.29, 0.717) is 12.2 Å². The van der Waals surface area contributed by atoms with Gasteiger partial charge < -0.3 is 10.6 Å². The van der Waals surface area contributed by atoms with E-state index in [2.05, 4.69) is 6.92 Å². The second kappa shape index (κ2) is 7.04. The molecule has 100 valence electrons. The van der Waals surface area contributed by atoms with Gasteiger partial charge >= 0.3 is 0 Å². The Morgan fingerprint density at radius 2 is 2.11 bits per heavy atom. The average molecular weight is 248 g/mol. The predicted molar refractivity (Wildman–Crippen MR) is 77.6 cm³/mol. The summed E-state index contributed by atoms with van der Waals surface area (Å²) in [6.45, 7) is 6.83. The first-order chi connectivity index (χ1) is 8.60. The molecule has 18 heavy (non-hydrogen) atoms. The first kappa shape index (κ1) is 14.6. The smallest absolute Gasteiger partial charge is 0.229 e. The van der Waals surface area contributed by atoms with Crippen LogP contribution < -0.4 is 10.6 Å². The van der Waals surface area contributed by atoms with Gasteiger partial charge in [-0.05, 0) is 31.5 Å². The number of rotatable bonds is 6. The van der Waals surface area contributed by atoms with Crippen LogP contribution in [0.4, 0.5) is 11.4 Å². The summed E-state index contributed by atoms with van der Waals surface area (Å²) in [5.74, 6) is 0.267. The van der Waals surface area contributed by atoms with Crippen LogP contribution in [0.15, 0.2) is 24.3 Å². The minimum absolute atomic E-state index is 0.0753. The van der Waals surface area contributed by atoms with Crippen molar-refractivity contribution in [2.45, 2.75) is 40.0 Å².